The van der Waals surface area contributed by atoms with Crippen LogP contribution in [0.15, 0.2) is 24.3 Å². The van der Waals surface area contributed by atoms with Crippen LogP contribution in [0.25, 0.3) is 0 Å². The van der Waals surface area contributed by atoms with Crippen molar-refractivity contribution in [3.8, 4) is 0 Å². The smallest absolute Gasteiger partial charge is 0.342 e. The molecule has 10 heteroatoms. The summed E-state index contributed by atoms with van der Waals surface area (Å²) in [5, 5.41) is 16.5. The van der Waals surface area contributed by atoms with Gasteiger partial charge in [-0.15, -0.1) is 11.3 Å². The van der Waals surface area contributed by atoms with E-state index >= 15 is 0 Å². The summed E-state index contributed by atoms with van der Waals surface area (Å²) in [5.41, 5.74) is 1.23. The van der Waals surface area contributed by atoms with Crippen LogP contribution in [0.5, 0.6) is 0 Å². The number of carbonyl (C=O) groups is 3. The number of aryl methyl sites for hydroxylation is 1. The van der Waals surface area contributed by atoms with E-state index in [1.165, 1.54) is 49.4 Å². The maximum atomic E-state index is 12.9. The Morgan fingerprint density at radius 3 is 2.63 bits per heavy atom. The summed E-state index contributed by atoms with van der Waals surface area (Å²) < 4.78 is 5.37. The van der Waals surface area contributed by atoms with Crippen LogP contribution in [0.1, 0.15) is 47.5 Å². The second-order valence-electron chi connectivity index (χ2n) is 6.94. The molecule has 1 aromatic carbocycles. The molecule has 0 spiro atoms. The van der Waals surface area contributed by atoms with Crippen LogP contribution in [0, 0.1) is 10.1 Å². The van der Waals surface area contributed by atoms with Gasteiger partial charge in [0, 0.05) is 29.6 Å². The number of hydrogen-bond donors (Lipinski definition) is 2. The summed E-state index contributed by atoms with van der Waals surface area (Å²) in [6.07, 6.45) is 2.36. The van der Waals surface area contributed by atoms with Gasteiger partial charge in [0.1, 0.15) is 5.00 Å². The summed E-state index contributed by atoms with van der Waals surface area (Å²) >= 11 is 1.36. The minimum atomic E-state index is -1.14. The molecule has 1 atom stereocenters. The van der Waals surface area contributed by atoms with Crippen molar-refractivity contribution in [3.63, 3.8) is 0 Å². The van der Waals surface area contributed by atoms with E-state index in [9.17, 15) is 24.5 Å². The predicted octanol–water partition coefficient (Wildman–Crippen LogP) is 3.68. The molecule has 0 fully saturated rings. The third kappa shape index (κ3) is 4.82. The lowest BCUT2D eigenvalue weighted by atomic mass is 9.95. The maximum Gasteiger partial charge on any atom is 0.342 e. The zero-order chi connectivity index (χ0) is 21.8. The number of non-ortho nitro benzene ring substituents is 1. The predicted molar refractivity (Wildman–Crippen MR) is 112 cm³/mol. The van der Waals surface area contributed by atoms with Crippen molar-refractivity contribution in [2.75, 3.05) is 10.6 Å². The number of ether oxygens (including phenoxy) is 1. The van der Waals surface area contributed by atoms with Crippen LogP contribution in [0.3, 0.4) is 0 Å². The van der Waals surface area contributed by atoms with Crippen LogP contribution < -0.4 is 10.6 Å². The lowest BCUT2D eigenvalue weighted by molar-refractivity contribution is -0.384. The van der Waals surface area contributed by atoms with E-state index in [1.54, 1.807) is 0 Å². The van der Waals surface area contributed by atoms with Crippen molar-refractivity contribution in [1.82, 2.24) is 0 Å². The summed E-state index contributed by atoms with van der Waals surface area (Å²) in [6.45, 7) is 2.78. The largest absolute Gasteiger partial charge is 0.449 e. The van der Waals surface area contributed by atoms with E-state index in [4.69, 9.17) is 4.74 Å². The van der Waals surface area contributed by atoms with E-state index < -0.39 is 22.9 Å². The summed E-state index contributed by atoms with van der Waals surface area (Å²) in [5.74, 6) is -1.59. The molecule has 2 N–H and O–H groups in total. The zero-order valence-electron chi connectivity index (χ0n) is 16.5. The van der Waals surface area contributed by atoms with Gasteiger partial charge in [0.05, 0.1) is 10.5 Å². The lowest BCUT2D eigenvalue weighted by Crippen LogP contribution is -2.30. The van der Waals surface area contributed by atoms with Crippen molar-refractivity contribution < 1.29 is 24.0 Å². The second-order valence-corrected chi connectivity index (χ2v) is 8.05. The van der Waals surface area contributed by atoms with Gasteiger partial charge >= 0.3 is 5.97 Å². The average Bonchev–Trinajstić information content (AvgIpc) is 3.05. The molecule has 30 heavy (non-hydrogen) atoms. The molecule has 1 aliphatic rings. The molecule has 9 nitrogen and oxygen atoms in total. The van der Waals surface area contributed by atoms with Gasteiger partial charge in [-0.2, -0.15) is 0 Å². The SMILES string of the molecule is CC(=O)Nc1sc2c(c1C(=O)O[C@@H](C)C(=O)Nc1cccc([N+](=O)[O-])c1)CCCC2. The highest BCUT2D eigenvalue weighted by Gasteiger charge is 2.29. The third-order valence-electron chi connectivity index (χ3n) is 4.64. The number of nitrogens with zero attached hydrogens (tertiary/aromatic N) is 1. The average molecular weight is 431 g/mol. The number of hydrogen-bond acceptors (Lipinski definition) is 7. The number of rotatable bonds is 6. The van der Waals surface area contributed by atoms with Crippen molar-refractivity contribution in [2.24, 2.45) is 0 Å². The highest BCUT2D eigenvalue weighted by atomic mass is 32.1. The molecule has 2 aromatic rings. The minimum absolute atomic E-state index is 0.165. The fourth-order valence-electron chi connectivity index (χ4n) is 3.24. The molecule has 0 aliphatic heterocycles. The van der Waals surface area contributed by atoms with Gasteiger partial charge in [0.25, 0.3) is 11.6 Å². The molecule has 0 bridgehead atoms. The number of benzene rings is 1. The molecule has 1 aromatic heterocycles. The molecule has 0 saturated carbocycles. The van der Waals surface area contributed by atoms with Crippen LogP contribution in [0.4, 0.5) is 16.4 Å². The monoisotopic (exact) mass is 431 g/mol. The van der Waals surface area contributed by atoms with Crippen molar-refractivity contribution >= 4 is 45.5 Å². The Morgan fingerprint density at radius 1 is 1.20 bits per heavy atom. The number of thiophene rings is 1. The Kier molecular flexibility index (Phi) is 6.46. The van der Waals surface area contributed by atoms with Crippen LogP contribution in [0.2, 0.25) is 0 Å². The third-order valence-corrected chi connectivity index (χ3v) is 5.85. The number of nitro groups is 1. The van der Waals surface area contributed by atoms with E-state index in [2.05, 4.69) is 10.6 Å². The minimum Gasteiger partial charge on any atom is -0.449 e. The Morgan fingerprint density at radius 2 is 1.93 bits per heavy atom. The van der Waals surface area contributed by atoms with Crippen molar-refractivity contribution in [2.45, 2.75) is 45.6 Å². The van der Waals surface area contributed by atoms with Gasteiger partial charge in [0.15, 0.2) is 6.10 Å². The Balaban J connectivity index is 1.74. The zero-order valence-corrected chi connectivity index (χ0v) is 17.3. The standard InChI is InChI=1S/C20H21N3O6S/c1-11(18(25)22-13-6-5-7-14(10-13)23(27)28)29-20(26)17-15-8-3-4-9-16(15)30-19(17)21-12(2)24/h5-7,10-11H,3-4,8-9H2,1-2H3,(H,21,24)(H,22,25)/t11-/m0/s1. The molecular formula is C20H21N3O6S. The Bertz CT molecular complexity index is 1020. The summed E-state index contributed by atoms with van der Waals surface area (Å²) in [4.78, 5) is 48.2. The number of nitro benzene ring substituents is 1. The number of esters is 1. The number of anilines is 2. The van der Waals surface area contributed by atoms with Crippen molar-refractivity contribution in [1.29, 1.82) is 0 Å². The Labute approximate surface area is 176 Å². The molecular weight excluding hydrogens is 410 g/mol. The molecule has 158 valence electrons. The van der Waals surface area contributed by atoms with Crippen LogP contribution >= 0.6 is 11.3 Å². The first kappa shape index (κ1) is 21.4. The highest BCUT2D eigenvalue weighted by molar-refractivity contribution is 7.17. The molecule has 2 amide bonds. The summed E-state index contributed by atoms with van der Waals surface area (Å²) in [6, 6.07) is 5.48. The van der Waals surface area contributed by atoms with Gasteiger partial charge in [-0.05, 0) is 44.2 Å². The first-order valence-electron chi connectivity index (χ1n) is 9.44. The topological polar surface area (TPSA) is 128 Å². The fraction of sp³-hybridized carbons (Fsp3) is 0.350. The molecule has 1 aliphatic carbocycles. The summed E-state index contributed by atoms with van der Waals surface area (Å²) in [7, 11) is 0. The van der Waals surface area contributed by atoms with Gasteiger partial charge in [0.2, 0.25) is 5.91 Å². The van der Waals surface area contributed by atoms with Gasteiger partial charge < -0.3 is 15.4 Å². The van der Waals surface area contributed by atoms with Gasteiger partial charge in [-0.1, -0.05) is 6.07 Å². The normalized spacial score (nSPS) is 13.7. The highest BCUT2D eigenvalue weighted by Crippen LogP contribution is 2.38. The number of carbonyl (C=O) groups excluding carboxylic acids is 3. The van der Waals surface area contributed by atoms with E-state index in [0.717, 1.165) is 29.7 Å². The Hall–Kier alpha value is -3.27. The molecule has 0 saturated heterocycles. The molecule has 1 heterocycles. The molecule has 0 radical (unpaired) electrons. The second kappa shape index (κ2) is 9.04. The fourth-order valence-corrected chi connectivity index (χ4v) is 4.57. The maximum absolute atomic E-state index is 12.9. The quantitative estimate of drug-likeness (QED) is 0.408. The molecule has 3 rings (SSSR count). The number of amides is 2. The van der Waals surface area contributed by atoms with Crippen LogP contribution in [-0.2, 0) is 27.2 Å². The molecule has 0 unspecified atom stereocenters. The number of nitrogens with one attached hydrogen (secondary N) is 2. The number of fused-ring (bicyclic) bond motifs is 1. The first-order chi connectivity index (χ1) is 14.3. The van der Waals surface area contributed by atoms with Crippen molar-refractivity contribution in [3.05, 3.63) is 50.4 Å². The van der Waals surface area contributed by atoms with E-state index in [1.807, 2.05) is 0 Å². The van der Waals surface area contributed by atoms with Gasteiger partial charge in [-0.25, -0.2) is 4.79 Å². The lowest BCUT2D eigenvalue weighted by Gasteiger charge is -2.16. The van der Waals surface area contributed by atoms with E-state index in [-0.39, 0.29) is 17.3 Å². The van der Waals surface area contributed by atoms with Crippen LogP contribution in [-0.4, -0.2) is 28.8 Å². The van der Waals surface area contributed by atoms with Gasteiger partial charge in [-0.3, -0.25) is 19.7 Å². The van der Waals surface area contributed by atoms with E-state index in [0.29, 0.717) is 17.0 Å². The first-order valence-corrected chi connectivity index (χ1v) is 10.3.